The van der Waals surface area contributed by atoms with Crippen LogP contribution in [0.3, 0.4) is 0 Å². The van der Waals surface area contributed by atoms with E-state index in [1.807, 2.05) is 30.3 Å². The maximum atomic E-state index is 12.2. The molecule has 4 rings (SSSR count). The van der Waals surface area contributed by atoms with Crippen LogP contribution in [0, 0.1) is 0 Å². The van der Waals surface area contributed by atoms with Crippen LogP contribution >= 0.6 is 15.9 Å². The molecule has 1 aliphatic heterocycles. The van der Waals surface area contributed by atoms with Crippen molar-refractivity contribution in [3.8, 4) is 11.5 Å². The molecule has 0 bridgehead atoms. The minimum absolute atomic E-state index is 0.0514. The predicted octanol–water partition coefficient (Wildman–Crippen LogP) is 3.02. The number of hydrogen-bond acceptors (Lipinski definition) is 5. The number of fused-ring (bicyclic) bond motifs is 2. The largest absolute Gasteiger partial charge is 0.486 e. The van der Waals surface area contributed by atoms with Crippen molar-refractivity contribution in [1.29, 1.82) is 0 Å². The van der Waals surface area contributed by atoms with Crippen LogP contribution in [-0.2, 0) is 16.4 Å². The molecular formula is C17H15BrN2O4S. The summed E-state index contributed by atoms with van der Waals surface area (Å²) in [5.41, 5.74) is 2.30. The topological polar surface area (TPSA) is 70.4 Å². The third-order valence-corrected chi connectivity index (χ3v) is 5.70. The number of nitrogens with zero attached hydrogens (tertiary/aromatic N) is 2. The lowest BCUT2D eigenvalue weighted by molar-refractivity contribution is 0.171. The summed E-state index contributed by atoms with van der Waals surface area (Å²) in [6.45, 7) is 1.36. The fourth-order valence-corrected chi connectivity index (χ4v) is 4.16. The molecule has 0 amide bonds. The van der Waals surface area contributed by atoms with Crippen molar-refractivity contribution in [3.05, 3.63) is 46.4 Å². The van der Waals surface area contributed by atoms with E-state index in [2.05, 4.69) is 20.9 Å². The molecule has 0 atom stereocenters. The van der Waals surface area contributed by atoms with Crippen molar-refractivity contribution < 1.29 is 17.9 Å². The maximum absolute atomic E-state index is 12.2. The molecule has 25 heavy (non-hydrogen) atoms. The minimum atomic E-state index is -3.47. The van der Waals surface area contributed by atoms with Gasteiger partial charge in [-0.2, -0.15) is 0 Å². The number of imidazole rings is 1. The molecule has 8 heteroatoms. The third kappa shape index (κ3) is 3.00. The highest BCUT2D eigenvalue weighted by Gasteiger charge is 2.21. The van der Waals surface area contributed by atoms with Crippen LogP contribution in [0.5, 0.6) is 11.5 Å². The molecule has 0 saturated heterocycles. The van der Waals surface area contributed by atoms with Crippen LogP contribution < -0.4 is 9.47 Å². The van der Waals surface area contributed by atoms with Gasteiger partial charge in [0, 0.05) is 10.7 Å². The van der Waals surface area contributed by atoms with Gasteiger partial charge in [0.25, 0.3) is 0 Å². The van der Waals surface area contributed by atoms with E-state index in [4.69, 9.17) is 9.47 Å². The maximum Gasteiger partial charge on any atom is 0.228 e. The monoisotopic (exact) mass is 422 g/mol. The Hall–Kier alpha value is -2.06. The summed E-state index contributed by atoms with van der Waals surface area (Å²) in [7, 11) is -3.47. The molecule has 1 aromatic heterocycles. The molecule has 2 aromatic carbocycles. The molecule has 0 aliphatic carbocycles. The summed E-state index contributed by atoms with van der Waals surface area (Å²) in [4.78, 5) is 4.30. The molecule has 0 saturated carbocycles. The number of para-hydroxylation sites is 2. The summed E-state index contributed by atoms with van der Waals surface area (Å²) in [5, 5.41) is 0.0514. The Labute approximate surface area is 153 Å². The van der Waals surface area contributed by atoms with Crippen molar-refractivity contribution in [1.82, 2.24) is 9.55 Å². The number of hydrogen-bond donors (Lipinski definition) is 0. The second-order valence-electron chi connectivity index (χ2n) is 5.83. The lowest BCUT2D eigenvalue weighted by atomic mass is 10.2. The fourth-order valence-electron chi connectivity index (χ4n) is 2.89. The van der Waals surface area contributed by atoms with E-state index in [9.17, 15) is 8.42 Å². The summed E-state index contributed by atoms with van der Waals surface area (Å²) in [6, 6.07) is 11.1. The van der Waals surface area contributed by atoms with Crippen molar-refractivity contribution in [2.45, 2.75) is 11.7 Å². The Bertz CT molecular complexity index is 1080. The van der Waals surface area contributed by atoms with Gasteiger partial charge in [0.05, 0.1) is 17.6 Å². The SMILES string of the molecule is CS(=O)(=O)c1nc2ccccc2n1Cc1cc2c(cc1Br)OCCO2. The quantitative estimate of drug-likeness (QED) is 0.648. The van der Waals surface area contributed by atoms with Crippen molar-refractivity contribution in [2.75, 3.05) is 19.5 Å². The van der Waals surface area contributed by atoms with Crippen LogP contribution in [0.25, 0.3) is 11.0 Å². The molecular weight excluding hydrogens is 408 g/mol. The average molecular weight is 423 g/mol. The van der Waals surface area contributed by atoms with E-state index in [1.165, 1.54) is 6.26 Å². The van der Waals surface area contributed by atoms with Gasteiger partial charge in [-0.3, -0.25) is 0 Å². The van der Waals surface area contributed by atoms with Gasteiger partial charge in [-0.25, -0.2) is 13.4 Å². The van der Waals surface area contributed by atoms with Crippen LogP contribution in [0.2, 0.25) is 0 Å². The number of rotatable bonds is 3. The predicted molar refractivity (Wildman–Crippen MR) is 97.1 cm³/mol. The number of sulfone groups is 1. The first-order valence-corrected chi connectivity index (χ1v) is 10.4. The Morgan fingerprint density at radius 2 is 1.84 bits per heavy atom. The first kappa shape index (κ1) is 16.4. The van der Waals surface area contributed by atoms with Crippen LogP contribution in [-0.4, -0.2) is 37.4 Å². The molecule has 0 spiro atoms. The summed E-state index contributed by atoms with van der Waals surface area (Å²) in [5.74, 6) is 1.34. The number of halogens is 1. The van der Waals surface area contributed by atoms with E-state index in [0.717, 1.165) is 15.6 Å². The normalized spacial score (nSPS) is 14.0. The summed E-state index contributed by atoms with van der Waals surface area (Å²) >= 11 is 3.54. The van der Waals surface area contributed by atoms with Crippen LogP contribution in [0.4, 0.5) is 0 Å². The fraction of sp³-hybridized carbons (Fsp3) is 0.235. The van der Waals surface area contributed by atoms with Crippen molar-refractivity contribution >= 4 is 36.8 Å². The molecule has 1 aliphatic rings. The number of ether oxygens (including phenoxy) is 2. The van der Waals surface area contributed by atoms with Gasteiger partial charge in [-0.1, -0.05) is 28.1 Å². The van der Waals surface area contributed by atoms with Gasteiger partial charge in [-0.15, -0.1) is 0 Å². The Morgan fingerprint density at radius 3 is 2.56 bits per heavy atom. The van der Waals surface area contributed by atoms with Gasteiger partial charge < -0.3 is 14.0 Å². The van der Waals surface area contributed by atoms with Gasteiger partial charge in [0.1, 0.15) is 13.2 Å². The van der Waals surface area contributed by atoms with Crippen molar-refractivity contribution in [2.24, 2.45) is 0 Å². The molecule has 0 fully saturated rings. The molecule has 2 heterocycles. The van der Waals surface area contributed by atoms with Gasteiger partial charge in [-0.05, 0) is 29.8 Å². The van der Waals surface area contributed by atoms with E-state index in [0.29, 0.717) is 36.8 Å². The molecule has 0 unspecified atom stereocenters. The minimum Gasteiger partial charge on any atom is -0.486 e. The van der Waals surface area contributed by atoms with E-state index < -0.39 is 9.84 Å². The highest BCUT2D eigenvalue weighted by molar-refractivity contribution is 9.10. The first-order chi connectivity index (χ1) is 11.9. The number of benzene rings is 2. The van der Waals surface area contributed by atoms with Crippen molar-refractivity contribution in [3.63, 3.8) is 0 Å². The molecule has 3 aromatic rings. The van der Waals surface area contributed by atoms with E-state index in [-0.39, 0.29) is 5.16 Å². The molecule has 0 radical (unpaired) electrons. The van der Waals surface area contributed by atoms with Crippen LogP contribution in [0.15, 0.2) is 46.0 Å². The summed E-state index contributed by atoms with van der Waals surface area (Å²) in [6.07, 6.45) is 1.17. The highest BCUT2D eigenvalue weighted by Crippen LogP contribution is 2.36. The lowest BCUT2D eigenvalue weighted by Crippen LogP contribution is -2.16. The summed E-state index contributed by atoms with van der Waals surface area (Å²) < 4.78 is 38.1. The first-order valence-electron chi connectivity index (χ1n) is 7.67. The lowest BCUT2D eigenvalue weighted by Gasteiger charge is -2.20. The zero-order valence-corrected chi connectivity index (χ0v) is 15.8. The van der Waals surface area contributed by atoms with E-state index >= 15 is 0 Å². The molecule has 6 nitrogen and oxygen atoms in total. The average Bonchev–Trinajstić information content (AvgIpc) is 2.95. The molecule has 0 N–H and O–H groups in total. The Kier molecular flexibility index (Phi) is 3.96. The second-order valence-corrected chi connectivity index (χ2v) is 8.59. The zero-order chi connectivity index (χ0) is 17.6. The zero-order valence-electron chi connectivity index (χ0n) is 13.4. The van der Waals surface area contributed by atoms with Gasteiger partial charge in [0.2, 0.25) is 15.0 Å². The smallest absolute Gasteiger partial charge is 0.228 e. The standard InChI is InChI=1S/C17H15BrN2O4S/c1-25(21,22)17-19-13-4-2-3-5-14(13)20(17)10-11-8-15-16(9-12(11)18)24-7-6-23-15/h2-5,8-9H,6-7,10H2,1H3. The Morgan fingerprint density at radius 1 is 1.16 bits per heavy atom. The number of aromatic nitrogens is 2. The third-order valence-electron chi connectivity index (χ3n) is 3.99. The van der Waals surface area contributed by atoms with E-state index in [1.54, 1.807) is 10.6 Å². The molecule has 130 valence electrons. The second kappa shape index (κ2) is 6.03. The highest BCUT2D eigenvalue weighted by atomic mass is 79.9. The Balaban J connectivity index is 1.86. The van der Waals surface area contributed by atoms with Crippen LogP contribution in [0.1, 0.15) is 5.56 Å². The van der Waals surface area contributed by atoms with Gasteiger partial charge >= 0.3 is 0 Å². The van der Waals surface area contributed by atoms with Gasteiger partial charge in [0.15, 0.2) is 11.5 Å².